The lowest BCUT2D eigenvalue weighted by atomic mass is 9.75. The molecular formula is C19H18N4O. The molecule has 5 heteroatoms. The van der Waals surface area contributed by atoms with Crippen LogP contribution in [0.5, 0.6) is 0 Å². The van der Waals surface area contributed by atoms with Gasteiger partial charge in [0.2, 0.25) is 0 Å². The summed E-state index contributed by atoms with van der Waals surface area (Å²) in [6.45, 7) is 0. The Hall–Kier alpha value is -2.95. The Kier molecular flexibility index (Phi) is 3.83. The number of carbonyl (C=O) groups excluding carboxylic acids is 1. The van der Waals surface area contributed by atoms with Gasteiger partial charge in [-0.05, 0) is 36.6 Å². The molecule has 1 aliphatic rings. The van der Waals surface area contributed by atoms with Crippen molar-refractivity contribution in [1.29, 1.82) is 0 Å². The van der Waals surface area contributed by atoms with E-state index < -0.39 is 0 Å². The van der Waals surface area contributed by atoms with Crippen molar-refractivity contribution in [1.82, 2.24) is 20.1 Å². The van der Waals surface area contributed by atoms with Gasteiger partial charge in [-0.2, -0.15) is 5.10 Å². The molecule has 0 unspecified atom stereocenters. The molecule has 0 bridgehead atoms. The Morgan fingerprint density at radius 3 is 2.67 bits per heavy atom. The summed E-state index contributed by atoms with van der Waals surface area (Å²) in [5.41, 5.74) is 2.53. The minimum absolute atomic E-state index is 0.130. The molecule has 1 fully saturated rings. The number of hydrogen-bond acceptors (Lipinski definition) is 3. The molecule has 1 N–H and O–H groups in total. The highest BCUT2D eigenvalue weighted by molar-refractivity contribution is 5.93. The molecule has 2 heterocycles. The number of pyridine rings is 1. The summed E-state index contributed by atoms with van der Waals surface area (Å²) in [4.78, 5) is 16.7. The van der Waals surface area contributed by atoms with Crippen molar-refractivity contribution in [2.75, 3.05) is 0 Å². The number of nitrogens with one attached hydrogen (secondary N) is 1. The third-order valence-electron chi connectivity index (χ3n) is 4.56. The molecule has 0 aliphatic heterocycles. The maximum atomic E-state index is 12.5. The summed E-state index contributed by atoms with van der Waals surface area (Å²) in [5.74, 6) is 0.263. The van der Waals surface area contributed by atoms with Crippen LogP contribution in [0.15, 0.2) is 67.1 Å². The summed E-state index contributed by atoms with van der Waals surface area (Å²) < 4.78 is 1.72. The van der Waals surface area contributed by atoms with Crippen LogP contribution in [-0.4, -0.2) is 26.7 Å². The summed E-state index contributed by atoms with van der Waals surface area (Å²) in [7, 11) is 0. The third kappa shape index (κ3) is 2.80. The van der Waals surface area contributed by atoms with Crippen LogP contribution in [0.1, 0.15) is 34.8 Å². The van der Waals surface area contributed by atoms with E-state index in [4.69, 9.17) is 0 Å². The molecule has 1 aromatic carbocycles. The Labute approximate surface area is 140 Å². The van der Waals surface area contributed by atoms with E-state index in [1.165, 1.54) is 5.56 Å². The van der Waals surface area contributed by atoms with Crippen LogP contribution in [0.4, 0.5) is 0 Å². The quantitative estimate of drug-likeness (QED) is 0.804. The first-order chi connectivity index (χ1) is 11.8. The van der Waals surface area contributed by atoms with E-state index in [-0.39, 0.29) is 11.9 Å². The topological polar surface area (TPSA) is 59.8 Å². The van der Waals surface area contributed by atoms with E-state index in [1.54, 1.807) is 23.1 Å². The molecule has 4 rings (SSSR count). The lowest BCUT2D eigenvalue weighted by Crippen LogP contribution is -2.45. The number of amides is 1. The maximum Gasteiger partial charge on any atom is 0.270 e. The van der Waals surface area contributed by atoms with Crippen molar-refractivity contribution in [3.8, 4) is 5.69 Å². The summed E-state index contributed by atoms with van der Waals surface area (Å²) >= 11 is 0. The lowest BCUT2D eigenvalue weighted by molar-refractivity contribution is 0.0899. The molecule has 24 heavy (non-hydrogen) atoms. The standard InChI is InChI=1S/C19H18N4O/c24-19(18-13-15(9-11-20-18)23-12-4-10-21-23)22-17-8-7-16(17)14-5-2-1-3-6-14/h1-6,9-13,16-17H,7-8H2,(H,22,24)/t16-,17-/m1/s1. The van der Waals surface area contributed by atoms with Crippen LogP contribution in [0, 0.1) is 0 Å². The molecular weight excluding hydrogens is 300 g/mol. The highest BCUT2D eigenvalue weighted by Crippen LogP contribution is 2.36. The molecule has 1 saturated carbocycles. The van der Waals surface area contributed by atoms with Crippen LogP contribution in [0.2, 0.25) is 0 Å². The fourth-order valence-corrected chi connectivity index (χ4v) is 3.12. The van der Waals surface area contributed by atoms with Crippen molar-refractivity contribution < 1.29 is 4.79 Å². The van der Waals surface area contributed by atoms with Crippen LogP contribution >= 0.6 is 0 Å². The highest BCUT2D eigenvalue weighted by atomic mass is 16.1. The zero-order valence-electron chi connectivity index (χ0n) is 13.2. The van der Waals surface area contributed by atoms with E-state index in [9.17, 15) is 4.79 Å². The highest BCUT2D eigenvalue weighted by Gasteiger charge is 2.33. The Balaban J connectivity index is 1.48. The van der Waals surface area contributed by atoms with E-state index in [0.717, 1.165) is 18.5 Å². The normalized spacial score (nSPS) is 19.5. The van der Waals surface area contributed by atoms with Gasteiger partial charge in [-0.1, -0.05) is 30.3 Å². The summed E-state index contributed by atoms with van der Waals surface area (Å²) in [6, 6.07) is 16.0. The molecule has 5 nitrogen and oxygen atoms in total. The lowest BCUT2D eigenvalue weighted by Gasteiger charge is -2.37. The fraction of sp³-hybridized carbons (Fsp3) is 0.211. The molecule has 0 radical (unpaired) electrons. The van der Waals surface area contributed by atoms with Crippen molar-refractivity contribution in [2.24, 2.45) is 0 Å². The van der Waals surface area contributed by atoms with Gasteiger partial charge < -0.3 is 5.32 Å². The van der Waals surface area contributed by atoms with Gasteiger partial charge in [-0.15, -0.1) is 0 Å². The SMILES string of the molecule is O=C(N[C@@H]1CC[C@@H]1c1ccccc1)c1cc(-n2cccn2)ccn1. The maximum absolute atomic E-state index is 12.5. The molecule has 120 valence electrons. The number of carbonyl (C=O) groups is 1. The van der Waals surface area contributed by atoms with Crippen LogP contribution < -0.4 is 5.32 Å². The molecule has 0 spiro atoms. The van der Waals surface area contributed by atoms with Crippen molar-refractivity contribution in [3.63, 3.8) is 0 Å². The number of hydrogen-bond donors (Lipinski definition) is 1. The van der Waals surface area contributed by atoms with Gasteiger partial charge in [-0.3, -0.25) is 9.78 Å². The van der Waals surface area contributed by atoms with Crippen molar-refractivity contribution in [2.45, 2.75) is 24.8 Å². The fourth-order valence-electron chi connectivity index (χ4n) is 3.12. The van der Waals surface area contributed by atoms with Gasteiger partial charge in [0.1, 0.15) is 5.69 Å². The number of rotatable bonds is 4. The van der Waals surface area contributed by atoms with E-state index in [2.05, 4.69) is 27.5 Å². The predicted octanol–water partition coefficient (Wildman–Crippen LogP) is 2.94. The van der Waals surface area contributed by atoms with Gasteiger partial charge in [0.05, 0.1) is 5.69 Å². The smallest absolute Gasteiger partial charge is 0.270 e. The monoisotopic (exact) mass is 318 g/mol. The second-order valence-electron chi connectivity index (χ2n) is 6.02. The molecule has 3 aromatic rings. The van der Waals surface area contributed by atoms with Crippen LogP contribution in [0.3, 0.4) is 0 Å². The zero-order valence-corrected chi connectivity index (χ0v) is 13.2. The van der Waals surface area contributed by atoms with Gasteiger partial charge in [-0.25, -0.2) is 4.68 Å². The minimum atomic E-state index is -0.130. The van der Waals surface area contributed by atoms with Crippen molar-refractivity contribution >= 4 is 5.91 Å². The Bertz CT molecular complexity index is 830. The van der Waals surface area contributed by atoms with Crippen LogP contribution in [-0.2, 0) is 0 Å². The first kappa shape index (κ1) is 14.6. The first-order valence-corrected chi connectivity index (χ1v) is 8.13. The summed E-state index contributed by atoms with van der Waals surface area (Å²) in [6.07, 6.45) is 7.30. The molecule has 2 atom stereocenters. The van der Waals surface area contributed by atoms with Crippen LogP contribution in [0.25, 0.3) is 5.69 Å². The van der Waals surface area contributed by atoms with Gasteiger partial charge >= 0.3 is 0 Å². The van der Waals surface area contributed by atoms with Gasteiger partial charge in [0.25, 0.3) is 5.91 Å². The van der Waals surface area contributed by atoms with Crippen molar-refractivity contribution in [3.05, 3.63) is 78.4 Å². The number of nitrogens with zero attached hydrogens (tertiary/aromatic N) is 3. The summed E-state index contributed by atoms with van der Waals surface area (Å²) in [5, 5.41) is 7.31. The molecule has 1 aliphatic carbocycles. The molecule has 1 amide bonds. The predicted molar refractivity (Wildman–Crippen MR) is 91.0 cm³/mol. The first-order valence-electron chi connectivity index (χ1n) is 8.13. The van der Waals surface area contributed by atoms with E-state index >= 15 is 0 Å². The largest absolute Gasteiger partial charge is 0.347 e. The second kappa shape index (κ2) is 6.28. The van der Waals surface area contributed by atoms with E-state index in [0.29, 0.717) is 11.6 Å². The Morgan fingerprint density at radius 1 is 1.08 bits per heavy atom. The average Bonchev–Trinajstić information content (AvgIpc) is 3.14. The molecule has 2 aromatic heterocycles. The minimum Gasteiger partial charge on any atom is -0.347 e. The number of aromatic nitrogens is 3. The zero-order chi connectivity index (χ0) is 16.4. The molecule has 0 saturated heterocycles. The number of benzene rings is 1. The van der Waals surface area contributed by atoms with Gasteiger partial charge in [0, 0.05) is 30.6 Å². The second-order valence-corrected chi connectivity index (χ2v) is 6.02. The average molecular weight is 318 g/mol. The Morgan fingerprint density at radius 2 is 1.96 bits per heavy atom. The third-order valence-corrected chi connectivity index (χ3v) is 4.56. The van der Waals surface area contributed by atoms with E-state index in [1.807, 2.05) is 36.5 Å². The van der Waals surface area contributed by atoms with Gasteiger partial charge in [0.15, 0.2) is 0 Å².